The Morgan fingerprint density at radius 3 is 2.70 bits per heavy atom. The van der Waals surface area contributed by atoms with Gasteiger partial charge in [-0.2, -0.15) is 0 Å². The first kappa shape index (κ1) is 17.6. The Morgan fingerprint density at radius 1 is 1.52 bits per heavy atom. The number of piperidine rings is 1. The molecular formula is C18H26N2O3. The van der Waals surface area contributed by atoms with Gasteiger partial charge < -0.3 is 14.8 Å². The monoisotopic (exact) mass is 318 g/mol. The van der Waals surface area contributed by atoms with Gasteiger partial charge in [0.15, 0.2) is 0 Å². The highest BCUT2D eigenvalue weighted by atomic mass is 16.3. The predicted molar refractivity (Wildman–Crippen MR) is 88.8 cm³/mol. The molecule has 0 saturated carbocycles. The second-order valence-electron chi connectivity index (χ2n) is 6.57. The maximum atomic E-state index is 12.3. The van der Waals surface area contributed by atoms with Crippen LogP contribution in [0.25, 0.3) is 0 Å². The first-order valence-corrected chi connectivity index (χ1v) is 8.07. The Bertz CT molecular complexity index is 590. The molecule has 1 amide bonds. The van der Waals surface area contributed by atoms with Gasteiger partial charge in [-0.15, -0.1) is 6.42 Å². The van der Waals surface area contributed by atoms with Crippen molar-refractivity contribution in [2.24, 2.45) is 5.92 Å². The molecule has 126 valence electrons. The second-order valence-corrected chi connectivity index (χ2v) is 6.57. The molecule has 5 nitrogen and oxygen atoms in total. The van der Waals surface area contributed by atoms with Crippen molar-refractivity contribution in [2.75, 3.05) is 26.2 Å². The first-order valence-electron chi connectivity index (χ1n) is 8.07. The van der Waals surface area contributed by atoms with E-state index in [1.807, 2.05) is 19.9 Å². The van der Waals surface area contributed by atoms with Gasteiger partial charge in [0, 0.05) is 11.5 Å². The molecule has 1 aliphatic heterocycles. The van der Waals surface area contributed by atoms with Gasteiger partial charge in [-0.25, -0.2) is 0 Å². The van der Waals surface area contributed by atoms with Crippen LogP contribution in [0.5, 0.6) is 0 Å². The molecular weight excluding hydrogens is 292 g/mol. The number of furan rings is 1. The molecule has 1 saturated heterocycles. The Kier molecular flexibility index (Phi) is 5.51. The van der Waals surface area contributed by atoms with E-state index in [0.29, 0.717) is 12.3 Å². The first-order chi connectivity index (χ1) is 10.8. The van der Waals surface area contributed by atoms with Crippen LogP contribution in [-0.4, -0.2) is 42.1 Å². The summed E-state index contributed by atoms with van der Waals surface area (Å²) in [7, 11) is 0. The third kappa shape index (κ3) is 4.37. The van der Waals surface area contributed by atoms with Gasteiger partial charge in [-0.3, -0.25) is 9.69 Å². The molecule has 0 aromatic carbocycles. The van der Waals surface area contributed by atoms with Gasteiger partial charge in [0.2, 0.25) is 5.91 Å². The number of rotatable bonds is 5. The van der Waals surface area contributed by atoms with Crippen molar-refractivity contribution in [1.82, 2.24) is 10.2 Å². The number of nitrogens with one attached hydrogen (secondary N) is 1. The molecule has 0 aliphatic carbocycles. The van der Waals surface area contributed by atoms with Crippen LogP contribution in [0.3, 0.4) is 0 Å². The topological polar surface area (TPSA) is 65.7 Å². The number of amides is 1. The summed E-state index contributed by atoms with van der Waals surface area (Å²) in [5.74, 6) is 4.07. The Labute approximate surface area is 138 Å². The minimum absolute atomic E-state index is 0.00324. The fourth-order valence-electron chi connectivity index (χ4n) is 3.15. The molecule has 0 bridgehead atoms. The molecule has 1 atom stereocenters. The molecule has 23 heavy (non-hydrogen) atoms. The smallest absolute Gasteiger partial charge is 0.223 e. The molecule has 1 aliphatic rings. The fourth-order valence-corrected chi connectivity index (χ4v) is 3.15. The van der Waals surface area contributed by atoms with Gasteiger partial charge in [0.25, 0.3) is 0 Å². The molecule has 2 N–H and O–H groups in total. The Balaban J connectivity index is 1.87. The largest absolute Gasteiger partial charge is 0.466 e. The van der Waals surface area contributed by atoms with Crippen LogP contribution in [0.15, 0.2) is 10.5 Å². The minimum atomic E-state index is -1.14. The highest BCUT2D eigenvalue weighted by Crippen LogP contribution is 2.26. The van der Waals surface area contributed by atoms with Crippen molar-refractivity contribution < 1.29 is 14.3 Å². The zero-order valence-corrected chi connectivity index (χ0v) is 14.2. The number of terminal acetylenes is 1. The quantitative estimate of drug-likeness (QED) is 0.809. The average molecular weight is 318 g/mol. The standard InChI is InChI=1S/C18H26N2O3/c1-5-8-20-9-6-15(7-10-20)17(21)19-12-18(4,22)16-11-13(2)23-14(16)3/h1,11,15,22H,6-10,12H2,2-4H3,(H,19,21). The summed E-state index contributed by atoms with van der Waals surface area (Å²) in [6, 6.07) is 1.82. The van der Waals surface area contributed by atoms with E-state index >= 15 is 0 Å². The van der Waals surface area contributed by atoms with E-state index < -0.39 is 5.60 Å². The Morgan fingerprint density at radius 2 is 2.17 bits per heavy atom. The van der Waals surface area contributed by atoms with Gasteiger partial charge in [0.1, 0.15) is 17.1 Å². The summed E-state index contributed by atoms with van der Waals surface area (Å²) in [6.45, 7) is 7.87. The number of carbonyl (C=O) groups is 1. The molecule has 2 rings (SSSR count). The lowest BCUT2D eigenvalue weighted by molar-refractivity contribution is -0.127. The zero-order valence-electron chi connectivity index (χ0n) is 14.2. The van der Waals surface area contributed by atoms with E-state index in [2.05, 4.69) is 16.1 Å². The highest BCUT2D eigenvalue weighted by Gasteiger charge is 2.30. The molecule has 0 spiro atoms. The number of hydrogen-bond donors (Lipinski definition) is 2. The minimum Gasteiger partial charge on any atom is -0.466 e. The van der Waals surface area contributed by atoms with E-state index in [0.717, 1.165) is 37.3 Å². The molecule has 1 unspecified atom stereocenters. The predicted octanol–water partition coefficient (Wildman–Crippen LogP) is 1.57. The summed E-state index contributed by atoms with van der Waals surface area (Å²) in [4.78, 5) is 14.5. The normalized spacial score (nSPS) is 19.1. The van der Waals surface area contributed by atoms with Crippen LogP contribution < -0.4 is 5.32 Å². The summed E-state index contributed by atoms with van der Waals surface area (Å²) >= 11 is 0. The van der Waals surface area contributed by atoms with Crippen LogP contribution in [-0.2, 0) is 10.4 Å². The van der Waals surface area contributed by atoms with E-state index in [1.165, 1.54) is 0 Å². The molecule has 1 aromatic heterocycles. The molecule has 0 radical (unpaired) electrons. The molecule has 1 fully saturated rings. The van der Waals surface area contributed by atoms with Gasteiger partial charge in [-0.05, 0) is 52.8 Å². The molecule has 1 aromatic rings. The van der Waals surface area contributed by atoms with Crippen molar-refractivity contribution in [3.05, 3.63) is 23.2 Å². The summed E-state index contributed by atoms with van der Waals surface area (Å²) < 4.78 is 5.46. The number of likely N-dealkylation sites (tertiary alicyclic amines) is 1. The van der Waals surface area contributed by atoms with E-state index in [-0.39, 0.29) is 18.4 Å². The van der Waals surface area contributed by atoms with E-state index in [4.69, 9.17) is 10.8 Å². The number of aliphatic hydroxyl groups is 1. The maximum absolute atomic E-state index is 12.3. The third-order valence-electron chi connectivity index (χ3n) is 4.50. The Hall–Kier alpha value is -1.77. The fraction of sp³-hybridized carbons (Fsp3) is 0.611. The lowest BCUT2D eigenvalue weighted by atomic mass is 9.93. The van der Waals surface area contributed by atoms with E-state index in [9.17, 15) is 9.90 Å². The summed E-state index contributed by atoms with van der Waals surface area (Å²) in [5.41, 5.74) is -0.416. The second kappa shape index (κ2) is 7.20. The van der Waals surface area contributed by atoms with Crippen molar-refractivity contribution in [3.63, 3.8) is 0 Å². The molecule has 5 heteroatoms. The summed E-state index contributed by atoms with van der Waals surface area (Å²) in [6.07, 6.45) is 6.92. The zero-order chi connectivity index (χ0) is 17.0. The van der Waals surface area contributed by atoms with Crippen molar-refractivity contribution in [2.45, 2.75) is 39.2 Å². The van der Waals surface area contributed by atoms with Crippen LogP contribution in [0.1, 0.15) is 36.8 Å². The maximum Gasteiger partial charge on any atom is 0.223 e. The van der Waals surface area contributed by atoms with Crippen molar-refractivity contribution >= 4 is 5.91 Å². The average Bonchev–Trinajstić information content (AvgIpc) is 2.85. The lowest BCUT2D eigenvalue weighted by Crippen LogP contribution is -2.44. The van der Waals surface area contributed by atoms with Gasteiger partial charge >= 0.3 is 0 Å². The lowest BCUT2D eigenvalue weighted by Gasteiger charge is -2.31. The van der Waals surface area contributed by atoms with Crippen molar-refractivity contribution in [3.8, 4) is 12.3 Å². The van der Waals surface area contributed by atoms with Crippen LogP contribution in [0, 0.1) is 32.1 Å². The highest BCUT2D eigenvalue weighted by molar-refractivity contribution is 5.78. The number of hydrogen-bond acceptors (Lipinski definition) is 4. The van der Waals surface area contributed by atoms with Crippen LogP contribution in [0.2, 0.25) is 0 Å². The van der Waals surface area contributed by atoms with E-state index in [1.54, 1.807) is 6.92 Å². The van der Waals surface area contributed by atoms with Gasteiger partial charge in [0.05, 0.1) is 13.1 Å². The number of aryl methyl sites for hydroxylation is 2. The van der Waals surface area contributed by atoms with Crippen molar-refractivity contribution in [1.29, 1.82) is 0 Å². The van der Waals surface area contributed by atoms with Crippen LogP contribution >= 0.6 is 0 Å². The van der Waals surface area contributed by atoms with Crippen LogP contribution in [0.4, 0.5) is 0 Å². The molecule has 2 heterocycles. The van der Waals surface area contributed by atoms with Gasteiger partial charge in [-0.1, -0.05) is 5.92 Å². The number of carbonyl (C=O) groups excluding carboxylic acids is 1. The SMILES string of the molecule is C#CCN1CCC(C(=O)NCC(C)(O)c2cc(C)oc2C)CC1. The number of nitrogens with zero attached hydrogens (tertiary/aromatic N) is 1. The summed E-state index contributed by atoms with van der Waals surface area (Å²) in [5, 5.41) is 13.5. The third-order valence-corrected chi connectivity index (χ3v) is 4.50.